The van der Waals surface area contributed by atoms with Crippen LogP contribution in [0.2, 0.25) is 0 Å². The molecular formula is C17H20N6O2S. The molecule has 0 bridgehead atoms. The largest absolute Gasteiger partial charge is 0.338 e. The minimum absolute atomic E-state index is 0.147. The fraction of sp³-hybridized carbons (Fsp3) is 0.412. The summed E-state index contributed by atoms with van der Waals surface area (Å²) in [5.74, 6) is 3.19. The van der Waals surface area contributed by atoms with Gasteiger partial charge < -0.3 is 14.4 Å². The molecule has 3 aromatic rings. The van der Waals surface area contributed by atoms with Crippen LogP contribution in [0.1, 0.15) is 23.6 Å². The van der Waals surface area contributed by atoms with Gasteiger partial charge >= 0.3 is 0 Å². The number of thioether (sulfide) groups is 1. The molecule has 1 atom stereocenters. The normalized spacial score (nSPS) is 18.3. The van der Waals surface area contributed by atoms with Gasteiger partial charge in [0.05, 0.1) is 11.8 Å². The van der Waals surface area contributed by atoms with Gasteiger partial charge in [0.25, 0.3) is 5.89 Å². The van der Waals surface area contributed by atoms with Crippen LogP contribution in [0, 0.1) is 6.92 Å². The second kappa shape index (κ2) is 7.56. The summed E-state index contributed by atoms with van der Waals surface area (Å²) in [6, 6.07) is 8.18. The van der Waals surface area contributed by atoms with Crippen LogP contribution in [0.15, 0.2) is 38.2 Å². The van der Waals surface area contributed by atoms with Gasteiger partial charge in [-0.25, -0.2) is 0 Å². The molecule has 9 heteroatoms. The highest BCUT2D eigenvalue weighted by molar-refractivity contribution is 7.98. The minimum atomic E-state index is 0.147. The highest BCUT2D eigenvalue weighted by Crippen LogP contribution is 2.27. The molecule has 4 rings (SSSR count). The van der Waals surface area contributed by atoms with Gasteiger partial charge in [0.2, 0.25) is 5.89 Å². The number of hydrogen-bond acceptors (Lipinski definition) is 9. The van der Waals surface area contributed by atoms with Crippen molar-refractivity contribution in [2.45, 2.75) is 23.6 Å². The molecule has 1 N–H and O–H groups in total. The highest BCUT2D eigenvalue weighted by Gasteiger charge is 2.25. The van der Waals surface area contributed by atoms with E-state index in [9.17, 15) is 0 Å². The molecule has 26 heavy (non-hydrogen) atoms. The lowest BCUT2D eigenvalue weighted by Crippen LogP contribution is -2.44. The summed E-state index contributed by atoms with van der Waals surface area (Å²) in [7, 11) is 2.08. The first-order valence-electron chi connectivity index (χ1n) is 8.46. The maximum Gasteiger partial charge on any atom is 0.257 e. The Morgan fingerprint density at radius 3 is 2.77 bits per heavy atom. The molecule has 3 heterocycles. The van der Waals surface area contributed by atoms with Crippen molar-refractivity contribution in [3.63, 3.8) is 0 Å². The molecule has 1 aliphatic rings. The number of likely N-dealkylation sites (N-methyl/N-ethyl adjacent to an activating group) is 1. The summed E-state index contributed by atoms with van der Waals surface area (Å²) in [6.07, 6.45) is 0. The predicted molar refractivity (Wildman–Crippen MR) is 96.6 cm³/mol. The van der Waals surface area contributed by atoms with Crippen LogP contribution in [0.5, 0.6) is 0 Å². The zero-order valence-corrected chi connectivity index (χ0v) is 15.5. The summed E-state index contributed by atoms with van der Waals surface area (Å²) < 4.78 is 10.6. The van der Waals surface area contributed by atoms with Crippen LogP contribution in [0.25, 0.3) is 11.5 Å². The number of hydrogen-bond donors (Lipinski definition) is 1. The predicted octanol–water partition coefficient (Wildman–Crippen LogP) is 2.30. The van der Waals surface area contributed by atoms with Gasteiger partial charge in [-0.05, 0) is 38.2 Å². The number of aromatic nitrogens is 4. The Morgan fingerprint density at radius 2 is 2.04 bits per heavy atom. The van der Waals surface area contributed by atoms with E-state index >= 15 is 0 Å². The smallest absolute Gasteiger partial charge is 0.257 e. The number of benzene rings is 1. The van der Waals surface area contributed by atoms with Crippen LogP contribution in [0.3, 0.4) is 0 Å². The zero-order valence-electron chi connectivity index (χ0n) is 14.7. The van der Waals surface area contributed by atoms with Crippen molar-refractivity contribution in [2.75, 3.05) is 26.7 Å². The van der Waals surface area contributed by atoms with E-state index in [-0.39, 0.29) is 6.04 Å². The number of nitrogens with one attached hydrogen (secondary N) is 1. The van der Waals surface area contributed by atoms with Crippen molar-refractivity contribution in [3.05, 3.63) is 41.8 Å². The lowest BCUT2D eigenvalue weighted by Gasteiger charge is -2.30. The van der Waals surface area contributed by atoms with Crippen LogP contribution in [-0.2, 0) is 5.75 Å². The topological polar surface area (TPSA) is 93.1 Å². The average Bonchev–Trinajstić information content (AvgIpc) is 3.30. The molecule has 2 aromatic heterocycles. The second-order valence-electron chi connectivity index (χ2n) is 6.21. The second-order valence-corrected chi connectivity index (χ2v) is 7.26. The Bertz CT molecular complexity index is 862. The van der Waals surface area contributed by atoms with E-state index in [1.165, 1.54) is 0 Å². The van der Waals surface area contributed by atoms with E-state index in [1.807, 2.05) is 31.2 Å². The molecule has 0 spiro atoms. The van der Waals surface area contributed by atoms with Crippen molar-refractivity contribution in [3.8, 4) is 11.5 Å². The minimum Gasteiger partial charge on any atom is -0.338 e. The monoisotopic (exact) mass is 372 g/mol. The quantitative estimate of drug-likeness (QED) is 0.677. The SMILES string of the molecule is Cc1noc(CSc2ccc(-c3nc(C4CNCCN4C)no3)cc2)n1. The first-order valence-corrected chi connectivity index (χ1v) is 9.44. The maximum atomic E-state index is 5.47. The van der Waals surface area contributed by atoms with E-state index in [1.54, 1.807) is 11.8 Å². The number of piperazine rings is 1. The third-order valence-corrected chi connectivity index (χ3v) is 5.28. The van der Waals surface area contributed by atoms with E-state index < -0.39 is 0 Å². The van der Waals surface area contributed by atoms with Gasteiger partial charge in [0.15, 0.2) is 11.6 Å². The van der Waals surface area contributed by atoms with Gasteiger partial charge in [-0.2, -0.15) is 9.97 Å². The maximum absolute atomic E-state index is 5.47. The Morgan fingerprint density at radius 1 is 1.19 bits per heavy atom. The van der Waals surface area contributed by atoms with E-state index in [0.717, 1.165) is 35.9 Å². The highest BCUT2D eigenvalue weighted by atomic mass is 32.2. The first-order chi connectivity index (χ1) is 12.7. The Kier molecular flexibility index (Phi) is 5.00. The molecular weight excluding hydrogens is 352 g/mol. The fourth-order valence-electron chi connectivity index (χ4n) is 2.82. The molecule has 1 fully saturated rings. The molecule has 0 radical (unpaired) electrons. The zero-order chi connectivity index (χ0) is 17.9. The van der Waals surface area contributed by atoms with Crippen LogP contribution in [-0.4, -0.2) is 51.9 Å². The van der Waals surface area contributed by atoms with Crippen molar-refractivity contribution in [1.29, 1.82) is 0 Å². The third kappa shape index (κ3) is 3.79. The lowest BCUT2D eigenvalue weighted by atomic mass is 10.2. The van der Waals surface area contributed by atoms with Crippen molar-refractivity contribution in [1.82, 2.24) is 30.5 Å². The Hall–Kier alpha value is -2.23. The van der Waals surface area contributed by atoms with Crippen LogP contribution >= 0.6 is 11.8 Å². The molecule has 136 valence electrons. The van der Waals surface area contributed by atoms with E-state index in [0.29, 0.717) is 23.4 Å². The first kappa shape index (κ1) is 17.2. The summed E-state index contributed by atoms with van der Waals surface area (Å²) in [5.41, 5.74) is 0.910. The van der Waals surface area contributed by atoms with Crippen molar-refractivity contribution >= 4 is 11.8 Å². The third-order valence-electron chi connectivity index (χ3n) is 4.28. The Labute approximate surface area is 155 Å². The number of aryl methyl sites for hydroxylation is 1. The summed E-state index contributed by atoms with van der Waals surface area (Å²) in [4.78, 5) is 12.1. The molecule has 8 nitrogen and oxygen atoms in total. The van der Waals surface area contributed by atoms with Gasteiger partial charge in [0.1, 0.15) is 0 Å². The Balaban J connectivity index is 1.42. The van der Waals surface area contributed by atoms with E-state index in [2.05, 4.69) is 37.5 Å². The molecule has 0 aliphatic carbocycles. The number of nitrogens with zero attached hydrogens (tertiary/aromatic N) is 5. The van der Waals surface area contributed by atoms with Crippen molar-refractivity contribution in [2.24, 2.45) is 0 Å². The standard InChI is InChI=1S/C17H20N6O2S/c1-11-19-15(24-21-11)10-26-13-5-3-12(4-6-13)17-20-16(22-25-17)14-9-18-7-8-23(14)2/h3-6,14,18H,7-10H2,1-2H3. The molecule has 1 unspecified atom stereocenters. The molecule has 0 amide bonds. The molecule has 1 aliphatic heterocycles. The average molecular weight is 372 g/mol. The van der Waals surface area contributed by atoms with Crippen LogP contribution < -0.4 is 5.32 Å². The van der Waals surface area contributed by atoms with Crippen LogP contribution in [0.4, 0.5) is 0 Å². The van der Waals surface area contributed by atoms with Crippen molar-refractivity contribution < 1.29 is 9.05 Å². The van der Waals surface area contributed by atoms with Gasteiger partial charge in [0, 0.05) is 30.1 Å². The summed E-state index contributed by atoms with van der Waals surface area (Å²) in [6.45, 7) is 4.60. The lowest BCUT2D eigenvalue weighted by molar-refractivity contribution is 0.190. The molecule has 1 aromatic carbocycles. The molecule has 1 saturated heterocycles. The van der Waals surface area contributed by atoms with E-state index in [4.69, 9.17) is 9.05 Å². The van der Waals surface area contributed by atoms with Gasteiger partial charge in [-0.15, -0.1) is 11.8 Å². The van der Waals surface area contributed by atoms with Gasteiger partial charge in [-0.1, -0.05) is 10.3 Å². The fourth-order valence-corrected chi connectivity index (χ4v) is 3.56. The van der Waals surface area contributed by atoms with Gasteiger partial charge in [-0.3, -0.25) is 4.90 Å². The number of rotatable bonds is 5. The molecule has 0 saturated carbocycles. The summed E-state index contributed by atoms with van der Waals surface area (Å²) in [5, 5.41) is 11.3. The summed E-state index contributed by atoms with van der Waals surface area (Å²) >= 11 is 1.64.